The van der Waals surface area contributed by atoms with E-state index in [0.717, 1.165) is 64.2 Å². The van der Waals surface area contributed by atoms with Gasteiger partial charge in [-0.1, -0.05) is 53.6 Å². The number of carboxylic acid groups (broad SMARTS) is 1. The van der Waals surface area contributed by atoms with E-state index >= 15 is 0 Å². The maximum absolute atomic E-state index is 14.1. The monoisotopic (exact) mass is 936 g/mol. The molecule has 0 aromatic carbocycles. The summed E-state index contributed by atoms with van der Waals surface area (Å²) in [4.78, 5) is 81.1. The maximum Gasteiger partial charge on any atom is 0.330 e. The number of aromatic amines is 1. The van der Waals surface area contributed by atoms with Gasteiger partial charge >= 0.3 is 29.6 Å². The Morgan fingerprint density at radius 2 is 1.67 bits per heavy atom. The minimum Gasteiger partial charge on any atom is -0.481 e. The molecule has 67 heavy (non-hydrogen) atoms. The number of hydrogen-bond acceptors (Lipinski definition) is 11. The summed E-state index contributed by atoms with van der Waals surface area (Å²) in [5, 5.41) is 12.9. The zero-order chi connectivity index (χ0) is 49.1. The molecule has 13 atom stereocenters. The average molecular weight is 936 g/mol. The molecule has 1 aromatic rings. The number of nitrogens with zero attached hydrogens (tertiary/aromatic N) is 4. The summed E-state index contributed by atoms with van der Waals surface area (Å²) >= 11 is 0. The third-order valence-corrected chi connectivity index (χ3v) is 19.4. The molecule has 0 spiro atoms. The van der Waals surface area contributed by atoms with Crippen molar-refractivity contribution in [3.05, 3.63) is 43.0 Å². The van der Waals surface area contributed by atoms with Gasteiger partial charge in [-0.25, -0.2) is 4.79 Å². The van der Waals surface area contributed by atoms with Crippen molar-refractivity contribution in [2.75, 3.05) is 13.2 Å². The van der Waals surface area contributed by atoms with Crippen LogP contribution in [-0.4, -0.2) is 70.0 Å². The molecule has 5 saturated carbocycles. The van der Waals surface area contributed by atoms with E-state index in [1.807, 2.05) is 0 Å². The number of hydrogen-bond donors (Lipinski definition) is 2. The van der Waals surface area contributed by atoms with Crippen LogP contribution in [0.4, 0.5) is 0 Å². The summed E-state index contributed by atoms with van der Waals surface area (Å²) in [6.45, 7) is 22.0. The number of azide groups is 1. The number of carboxylic acids is 1. The van der Waals surface area contributed by atoms with E-state index in [9.17, 15) is 34.3 Å². The SMILES string of the molecule is Cc1cn([C@H]2CC(N=[N+]=[N-])[C@@H](COC(=O)CC(C)(C)C(=O)OC[C@]34CC[C@@H](C(C)C)[C@@H]3[C@H]3CC[C@@H]5[C@@]6(C)CC[C@H](OC(=O)CCCC(=O)O)C(C)(C)[C@@H]6CC[C@@]5(C)[C@]3(C)CC4)O2)c(=O)[nH]c1=O. The average Bonchev–Trinajstić information content (AvgIpc) is 3.83. The fraction of sp³-hybridized carbons (Fsp3) is 0.843. The van der Waals surface area contributed by atoms with Crippen LogP contribution in [0, 0.1) is 74.9 Å². The van der Waals surface area contributed by atoms with Crippen LogP contribution in [0.1, 0.15) is 170 Å². The molecule has 1 aliphatic heterocycles. The van der Waals surface area contributed by atoms with Crippen molar-refractivity contribution < 1.29 is 43.2 Å². The topological polar surface area (TPSA) is 229 Å². The fourth-order valence-corrected chi connectivity index (χ4v) is 15.7. The fourth-order valence-electron chi connectivity index (χ4n) is 15.7. The van der Waals surface area contributed by atoms with Gasteiger partial charge in [-0.15, -0.1) is 0 Å². The second-order valence-corrected chi connectivity index (χ2v) is 24.0. The normalized spacial score (nSPS) is 37.5. The highest BCUT2D eigenvalue weighted by Gasteiger charge is 2.71. The number of carbonyl (C=O) groups excluding carboxylic acids is 3. The van der Waals surface area contributed by atoms with Gasteiger partial charge in [-0.2, -0.15) is 0 Å². The molecule has 0 amide bonds. The predicted molar refractivity (Wildman–Crippen MR) is 248 cm³/mol. The molecule has 1 unspecified atom stereocenters. The highest BCUT2D eigenvalue weighted by atomic mass is 16.6. The minimum absolute atomic E-state index is 0.0372. The number of H-pyrrole nitrogens is 1. The van der Waals surface area contributed by atoms with Gasteiger partial charge in [0.2, 0.25) is 0 Å². The highest BCUT2D eigenvalue weighted by molar-refractivity contribution is 5.82. The maximum atomic E-state index is 14.1. The molecule has 7 rings (SSSR count). The van der Waals surface area contributed by atoms with Gasteiger partial charge in [0.25, 0.3) is 5.56 Å². The summed E-state index contributed by atoms with van der Waals surface area (Å²) in [6.07, 6.45) is 10.2. The Kier molecular flexibility index (Phi) is 14.1. The molecule has 6 aliphatic rings. The second kappa shape index (κ2) is 18.6. The first-order valence-electron chi connectivity index (χ1n) is 25.1. The molecule has 1 saturated heterocycles. The minimum atomic E-state index is -1.18. The van der Waals surface area contributed by atoms with Crippen molar-refractivity contribution in [1.29, 1.82) is 0 Å². The van der Waals surface area contributed by atoms with Crippen molar-refractivity contribution in [2.24, 2.45) is 73.1 Å². The molecular weight excluding hydrogens is 859 g/mol. The first-order valence-corrected chi connectivity index (χ1v) is 25.1. The molecule has 372 valence electrons. The van der Waals surface area contributed by atoms with Gasteiger partial charge in [0.1, 0.15) is 25.0 Å². The van der Waals surface area contributed by atoms with Crippen LogP contribution in [0.2, 0.25) is 0 Å². The van der Waals surface area contributed by atoms with Crippen LogP contribution in [0.5, 0.6) is 0 Å². The molecule has 0 bridgehead atoms. The lowest BCUT2D eigenvalue weighted by atomic mass is 9.32. The highest BCUT2D eigenvalue weighted by Crippen LogP contribution is 2.77. The molecule has 2 heterocycles. The molecular formula is C51H77N5O11. The Morgan fingerprint density at radius 3 is 2.36 bits per heavy atom. The van der Waals surface area contributed by atoms with Crippen molar-refractivity contribution >= 4 is 23.9 Å². The summed E-state index contributed by atoms with van der Waals surface area (Å²) in [6, 6.07) is -0.739. The van der Waals surface area contributed by atoms with Crippen LogP contribution < -0.4 is 11.2 Å². The van der Waals surface area contributed by atoms with E-state index in [1.54, 1.807) is 20.8 Å². The lowest BCUT2D eigenvalue weighted by molar-refractivity contribution is -0.254. The van der Waals surface area contributed by atoms with E-state index < -0.39 is 52.9 Å². The van der Waals surface area contributed by atoms with Crippen LogP contribution in [0.3, 0.4) is 0 Å². The Hall–Kier alpha value is -4.17. The smallest absolute Gasteiger partial charge is 0.330 e. The van der Waals surface area contributed by atoms with Crippen molar-refractivity contribution in [3.8, 4) is 0 Å². The third kappa shape index (κ3) is 9.11. The molecule has 16 nitrogen and oxygen atoms in total. The van der Waals surface area contributed by atoms with Gasteiger partial charge in [0.15, 0.2) is 0 Å². The molecule has 2 N–H and O–H groups in total. The molecule has 1 aromatic heterocycles. The van der Waals surface area contributed by atoms with E-state index in [0.29, 0.717) is 47.7 Å². The molecule has 6 fully saturated rings. The lowest BCUT2D eigenvalue weighted by Crippen LogP contribution is -2.67. The van der Waals surface area contributed by atoms with Gasteiger partial charge in [-0.05, 0) is 149 Å². The number of aliphatic carboxylic acids is 1. The first-order chi connectivity index (χ1) is 31.3. The van der Waals surface area contributed by atoms with Crippen LogP contribution in [0.15, 0.2) is 20.9 Å². The molecule has 16 heteroatoms. The summed E-state index contributed by atoms with van der Waals surface area (Å²) in [5.41, 5.74) is 7.10. The van der Waals surface area contributed by atoms with E-state index in [2.05, 4.69) is 63.5 Å². The second-order valence-electron chi connectivity index (χ2n) is 24.0. The Bertz CT molecular complexity index is 2250. The number of aromatic nitrogens is 2. The first kappa shape index (κ1) is 50.7. The number of fused-ring (bicyclic) bond motifs is 7. The van der Waals surface area contributed by atoms with Crippen LogP contribution in [-0.2, 0) is 38.1 Å². The van der Waals surface area contributed by atoms with Gasteiger partial charge in [0.05, 0.1) is 24.5 Å². The Balaban J connectivity index is 1.00. The van der Waals surface area contributed by atoms with Crippen molar-refractivity contribution in [3.63, 3.8) is 0 Å². The molecule has 5 aliphatic carbocycles. The van der Waals surface area contributed by atoms with E-state index in [1.165, 1.54) is 10.8 Å². The van der Waals surface area contributed by atoms with Crippen LogP contribution >= 0.6 is 0 Å². The molecule has 0 radical (unpaired) electrons. The van der Waals surface area contributed by atoms with Crippen LogP contribution in [0.25, 0.3) is 10.4 Å². The number of rotatable bonds is 15. The number of ether oxygens (including phenoxy) is 4. The lowest BCUT2D eigenvalue weighted by Gasteiger charge is -2.73. The largest absolute Gasteiger partial charge is 0.481 e. The Labute approximate surface area is 395 Å². The van der Waals surface area contributed by atoms with Gasteiger partial charge in [-0.3, -0.25) is 33.5 Å². The van der Waals surface area contributed by atoms with Crippen molar-refractivity contribution in [1.82, 2.24) is 9.55 Å². The number of aryl methyl sites for hydroxylation is 1. The summed E-state index contributed by atoms with van der Waals surface area (Å²) in [5.74, 6) is 0.525. The standard InChI is InChI=1S/C51H77N5O11/c1-29(2)31-16-21-51(28-65-44(62)46(4,5)25-41(60)64-27-34-33(54-55-52)24-38(66-34)56-26-30(3)43(61)53-45(56)63)23-22-49(9)32(42(31)51)14-15-36-48(8)19-18-37(67-40(59)13-11-12-39(57)58)47(6,7)35(48)17-20-50(36,49)10/h26,29,31-38,42H,11-25,27-28H2,1-10H3,(H,57,58)(H,53,61,63)/t31-,32+,33?,34+,35-,36+,37-,38+,42+,48-,49+,50+,51+/m0/s1. The zero-order valence-corrected chi connectivity index (χ0v) is 41.7. The number of esters is 3. The Morgan fingerprint density at radius 1 is 0.940 bits per heavy atom. The zero-order valence-electron chi connectivity index (χ0n) is 41.7. The number of nitrogens with one attached hydrogen (secondary N) is 1. The van der Waals surface area contributed by atoms with E-state index in [-0.39, 0.29) is 77.9 Å². The quantitative estimate of drug-likeness (QED) is 0.0553. The van der Waals surface area contributed by atoms with Gasteiger partial charge < -0.3 is 24.1 Å². The predicted octanol–water partition coefficient (Wildman–Crippen LogP) is 9.22. The van der Waals surface area contributed by atoms with Gasteiger partial charge in [0, 0.05) is 46.8 Å². The van der Waals surface area contributed by atoms with Crippen molar-refractivity contribution in [2.45, 2.75) is 190 Å². The summed E-state index contributed by atoms with van der Waals surface area (Å²) < 4.78 is 25.4. The summed E-state index contributed by atoms with van der Waals surface area (Å²) in [7, 11) is 0. The number of carbonyl (C=O) groups is 4. The van der Waals surface area contributed by atoms with E-state index in [4.69, 9.17) is 24.1 Å². The third-order valence-electron chi connectivity index (χ3n) is 19.4.